The van der Waals surface area contributed by atoms with E-state index in [9.17, 15) is 23.9 Å². The van der Waals surface area contributed by atoms with Crippen LogP contribution in [0.1, 0.15) is 41.8 Å². The lowest BCUT2D eigenvalue weighted by atomic mass is 10.0. The molecule has 2 aromatic carbocycles. The molecule has 178 valence electrons. The van der Waals surface area contributed by atoms with Crippen LogP contribution in [0.5, 0.6) is 0 Å². The molecule has 4 N–H and O–H groups in total. The van der Waals surface area contributed by atoms with E-state index in [0.29, 0.717) is 25.1 Å². The quantitative estimate of drug-likeness (QED) is 0.395. The maximum Gasteiger partial charge on any atom is 0.320 e. The van der Waals surface area contributed by atoms with Crippen molar-refractivity contribution in [1.29, 1.82) is 0 Å². The van der Waals surface area contributed by atoms with E-state index in [1.54, 1.807) is 12.1 Å². The number of hydrogen-bond acceptors (Lipinski definition) is 5. The highest BCUT2D eigenvalue weighted by Crippen LogP contribution is 2.19. The van der Waals surface area contributed by atoms with Crippen molar-refractivity contribution in [2.24, 2.45) is 5.92 Å². The lowest BCUT2D eigenvalue weighted by Crippen LogP contribution is -2.38. The van der Waals surface area contributed by atoms with Gasteiger partial charge in [-0.3, -0.25) is 19.0 Å². The summed E-state index contributed by atoms with van der Waals surface area (Å²) in [5, 5.41) is 12.4. The molecular weight excluding hydrogens is 437 g/mol. The van der Waals surface area contributed by atoms with Gasteiger partial charge in [0.25, 0.3) is 5.56 Å². The van der Waals surface area contributed by atoms with Gasteiger partial charge in [0.1, 0.15) is 17.7 Å². The lowest BCUT2D eigenvalue weighted by molar-refractivity contribution is -0.139. The second-order valence-electron chi connectivity index (χ2n) is 8.53. The molecule has 3 aromatic rings. The van der Waals surface area contributed by atoms with Crippen LogP contribution in [0.15, 0.2) is 65.5 Å². The van der Waals surface area contributed by atoms with Crippen molar-refractivity contribution in [3.05, 3.63) is 93.5 Å². The average Bonchev–Trinajstić information content (AvgIpc) is 2.79. The molecule has 34 heavy (non-hydrogen) atoms. The number of rotatable bonds is 10. The normalized spacial score (nSPS) is 12.0. The molecule has 0 bridgehead atoms. The molecule has 0 saturated carbocycles. The van der Waals surface area contributed by atoms with Crippen LogP contribution in [0.3, 0.4) is 0 Å². The molecule has 0 aliphatic carbocycles. The molecule has 0 radical (unpaired) electrons. The van der Waals surface area contributed by atoms with Crippen LogP contribution in [-0.4, -0.2) is 34.0 Å². The number of aliphatic carboxylic acids is 1. The van der Waals surface area contributed by atoms with E-state index in [2.05, 4.69) is 5.32 Å². The van der Waals surface area contributed by atoms with Gasteiger partial charge in [0, 0.05) is 11.6 Å². The lowest BCUT2D eigenvalue weighted by Gasteiger charge is -2.16. The topological polar surface area (TPSA) is 114 Å². The Labute approximate surface area is 197 Å². The first-order chi connectivity index (χ1) is 16.2. The zero-order valence-electron chi connectivity index (χ0n) is 19.1. The van der Waals surface area contributed by atoms with E-state index < -0.39 is 23.6 Å². The van der Waals surface area contributed by atoms with Gasteiger partial charge in [0.05, 0.1) is 11.3 Å². The van der Waals surface area contributed by atoms with E-state index in [1.165, 1.54) is 41.0 Å². The van der Waals surface area contributed by atoms with E-state index >= 15 is 0 Å². The summed E-state index contributed by atoms with van der Waals surface area (Å²) in [6.07, 6.45) is 1.15. The van der Waals surface area contributed by atoms with E-state index in [1.807, 2.05) is 26.0 Å². The smallest absolute Gasteiger partial charge is 0.320 e. The number of carbonyl (C=O) groups excluding carboxylic acids is 1. The number of halogens is 1. The van der Waals surface area contributed by atoms with Crippen LogP contribution in [0.25, 0.3) is 5.69 Å². The molecule has 1 atom stereocenters. The van der Waals surface area contributed by atoms with Crippen LogP contribution in [0, 0.1) is 11.7 Å². The van der Waals surface area contributed by atoms with Crippen LogP contribution in [0.2, 0.25) is 0 Å². The fourth-order valence-electron chi connectivity index (χ4n) is 3.71. The van der Waals surface area contributed by atoms with Gasteiger partial charge in [-0.05, 0) is 73.3 Å². The number of nitrogen functional groups attached to an aromatic ring is 1. The number of carbonyl (C=O) groups is 2. The first kappa shape index (κ1) is 24.9. The minimum absolute atomic E-state index is 0.00535. The van der Waals surface area contributed by atoms with Gasteiger partial charge in [-0.25, -0.2) is 4.39 Å². The fourth-order valence-corrected chi connectivity index (χ4v) is 3.71. The number of nitrogens with zero attached hydrogens (tertiary/aromatic N) is 1. The van der Waals surface area contributed by atoms with Crippen molar-refractivity contribution < 1.29 is 19.1 Å². The van der Waals surface area contributed by atoms with Crippen LogP contribution in [-0.2, 0) is 11.2 Å². The largest absolute Gasteiger partial charge is 0.480 e. The average molecular weight is 466 g/mol. The Hall–Kier alpha value is -3.78. The van der Waals surface area contributed by atoms with Gasteiger partial charge in [0.15, 0.2) is 5.78 Å². The number of pyridine rings is 1. The van der Waals surface area contributed by atoms with Crippen LogP contribution in [0.4, 0.5) is 10.2 Å². The zero-order chi connectivity index (χ0) is 24.8. The molecule has 0 aliphatic rings. The molecule has 0 fully saturated rings. The Kier molecular flexibility index (Phi) is 7.96. The number of aromatic nitrogens is 1. The number of hydrogen-bond donors (Lipinski definition) is 3. The summed E-state index contributed by atoms with van der Waals surface area (Å²) in [6, 6.07) is 14.3. The summed E-state index contributed by atoms with van der Waals surface area (Å²) in [6.45, 7) is 4.45. The predicted molar refractivity (Wildman–Crippen MR) is 129 cm³/mol. The summed E-state index contributed by atoms with van der Waals surface area (Å²) in [5.74, 6) is -1.47. The molecule has 0 spiro atoms. The van der Waals surface area contributed by atoms with Crippen molar-refractivity contribution in [2.45, 2.75) is 32.7 Å². The van der Waals surface area contributed by atoms with Crippen molar-refractivity contribution >= 4 is 17.6 Å². The molecule has 3 rings (SSSR count). The number of carboxylic acids is 1. The summed E-state index contributed by atoms with van der Waals surface area (Å²) in [7, 11) is 0. The summed E-state index contributed by atoms with van der Waals surface area (Å²) < 4.78 is 14.4. The van der Waals surface area contributed by atoms with E-state index in [0.717, 1.165) is 5.56 Å². The van der Waals surface area contributed by atoms with Crippen molar-refractivity contribution in [3.8, 4) is 5.69 Å². The Morgan fingerprint density at radius 1 is 1.03 bits per heavy atom. The first-order valence-corrected chi connectivity index (χ1v) is 11.0. The van der Waals surface area contributed by atoms with Crippen molar-refractivity contribution in [3.63, 3.8) is 0 Å². The van der Waals surface area contributed by atoms with Gasteiger partial charge in [-0.2, -0.15) is 0 Å². The molecule has 1 heterocycles. The number of carboxylic acid groups (broad SMARTS) is 1. The molecule has 1 unspecified atom stereocenters. The van der Waals surface area contributed by atoms with Crippen molar-refractivity contribution in [2.75, 3.05) is 12.3 Å². The number of ketones is 1. The van der Waals surface area contributed by atoms with Crippen molar-refractivity contribution in [1.82, 2.24) is 9.88 Å². The highest BCUT2D eigenvalue weighted by Gasteiger charge is 2.18. The SMILES string of the molecule is CC(C)CC(NCCc1ccc(-n2c(N)c(C(=O)c3ccc(F)cc3)ccc2=O)cc1)C(=O)O. The van der Waals surface area contributed by atoms with Crippen LogP contribution < -0.4 is 16.6 Å². The standard InChI is InChI=1S/C26H28FN3O4/c1-16(2)15-22(26(33)34)29-14-13-17-3-9-20(10-4-17)30-23(31)12-11-21(25(30)28)24(32)18-5-7-19(27)8-6-18/h3-12,16,22,29H,13-15,28H2,1-2H3,(H,33,34). The molecule has 0 amide bonds. The predicted octanol–water partition coefficient (Wildman–Crippen LogP) is 3.42. The Bertz CT molecular complexity index is 1220. The molecular formula is C26H28FN3O4. The molecule has 7 nitrogen and oxygen atoms in total. The first-order valence-electron chi connectivity index (χ1n) is 11.0. The Morgan fingerprint density at radius 3 is 2.26 bits per heavy atom. The maximum absolute atomic E-state index is 13.2. The monoisotopic (exact) mass is 465 g/mol. The number of benzene rings is 2. The molecule has 1 aromatic heterocycles. The fraction of sp³-hybridized carbons (Fsp3) is 0.269. The molecule has 0 saturated heterocycles. The molecule has 8 heteroatoms. The molecule has 0 aliphatic heterocycles. The highest BCUT2D eigenvalue weighted by molar-refractivity contribution is 6.11. The Morgan fingerprint density at radius 2 is 1.68 bits per heavy atom. The van der Waals surface area contributed by atoms with Gasteiger partial charge in [-0.15, -0.1) is 0 Å². The zero-order valence-corrected chi connectivity index (χ0v) is 19.1. The minimum Gasteiger partial charge on any atom is -0.480 e. The van der Waals surface area contributed by atoms with Crippen LogP contribution >= 0.6 is 0 Å². The van der Waals surface area contributed by atoms with Gasteiger partial charge in [-0.1, -0.05) is 26.0 Å². The highest BCUT2D eigenvalue weighted by atomic mass is 19.1. The number of nitrogens with one attached hydrogen (secondary N) is 1. The van der Waals surface area contributed by atoms with Gasteiger partial charge in [0.2, 0.25) is 0 Å². The summed E-state index contributed by atoms with van der Waals surface area (Å²) in [4.78, 5) is 36.8. The minimum atomic E-state index is -0.867. The second-order valence-corrected chi connectivity index (χ2v) is 8.53. The third-order valence-corrected chi connectivity index (χ3v) is 5.49. The number of nitrogens with two attached hydrogens (primary N) is 1. The maximum atomic E-state index is 13.2. The second kappa shape index (κ2) is 10.9. The third-order valence-electron chi connectivity index (χ3n) is 5.49. The third kappa shape index (κ3) is 5.96. The summed E-state index contributed by atoms with van der Waals surface area (Å²) >= 11 is 0. The number of anilines is 1. The van der Waals surface area contributed by atoms with Gasteiger partial charge < -0.3 is 16.2 Å². The Balaban J connectivity index is 1.77. The van der Waals surface area contributed by atoms with E-state index in [4.69, 9.17) is 5.73 Å². The van der Waals surface area contributed by atoms with Gasteiger partial charge >= 0.3 is 5.97 Å². The summed E-state index contributed by atoms with van der Waals surface area (Å²) in [5.41, 5.74) is 7.67. The van der Waals surface area contributed by atoms with E-state index in [-0.39, 0.29) is 28.4 Å².